The molecule has 0 saturated carbocycles. The highest BCUT2D eigenvalue weighted by molar-refractivity contribution is 9.10. The molecule has 3 aromatic carbocycles. The van der Waals surface area contributed by atoms with E-state index in [0.717, 1.165) is 0 Å². The van der Waals surface area contributed by atoms with Gasteiger partial charge in [-0.25, -0.2) is 0 Å². The SMILES string of the molecule is CCN(CC)C(=O)c1ccc(NC(=O)c2ccccc2NC(=O)c2ccccc2Br)cc1. The number of anilines is 2. The first kappa shape index (κ1) is 23.2. The molecule has 0 radical (unpaired) electrons. The molecule has 0 unspecified atom stereocenters. The van der Waals surface area contributed by atoms with Crippen LogP contribution in [0.15, 0.2) is 77.3 Å². The summed E-state index contributed by atoms with van der Waals surface area (Å²) < 4.78 is 0.666. The minimum atomic E-state index is -0.365. The van der Waals surface area contributed by atoms with Crippen molar-refractivity contribution in [2.24, 2.45) is 0 Å². The van der Waals surface area contributed by atoms with E-state index in [2.05, 4.69) is 26.6 Å². The van der Waals surface area contributed by atoms with Crippen LogP contribution in [0.25, 0.3) is 0 Å². The fourth-order valence-electron chi connectivity index (χ4n) is 3.21. The van der Waals surface area contributed by atoms with Crippen LogP contribution in [-0.2, 0) is 0 Å². The molecule has 3 rings (SSSR count). The maximum Gasteiger partial charge on any atom is 0.257 e. The second-order valence-electron chi connectivity index (χ2n) is 6.99. The van der Waals surface area contributed by atoms with Crippen molar-refractivity contribution >= 4 is 45.0 Å². The Hall–Kier alpha value is -3.45. The van der Waals surface area contributed by atoms with Gasteiger partial charge in [0.25, 0.3) is 17.7 Å². The first-order chi connectivity index (χ1) is 15.4. The summed E-state index contributed by atoms with van der Waals surface area (Å²) in [6, 6.07) is 20.6. The van der Waals surface area contributed by atoms with Gasteiger partial charge in [-0.05, 0) is 78.3 Å². The molecule has 3 aromatic rings. The molecule has 7 heteroatoms. The van der Waals surface area contributed by atoms with Gasteiger partial charge in [0, 0.05) is 28.8 Å². The zero-order valence-corrected chi connectivity index (χ0v) is 19.5. The highest BCUT2D eigenvalue weighted by Gasteiger charge is 2.16. The Bertz CT molecular complexity index is 1130. The summed E-state index contributed by atoms with van der Waals surface area (Å²) in [5.41, 5.74) is 2.32. The Morgan fingerprint density at radius 3 is 1.94 bits per heavy atom. The number of rotatable bonds is 7. The summed E-state index contributed by atoms with van der Waals surface area (Å²) in [5.74, 6) is -0.735. The lowest BCUT2D eigenvalue weighted by Gasteiger charge is -2.18. The predicted molar refractivity (Wildman–Crippen MR) is 130 cm³/mol. The van der Waals surface area contributed by atoms with Crippen LogP contribution >= 0.6 is 15.9 Å². The van der Waals surface area contributed by atoms with Crippen LogP contribution in [0.1, 0.15) is 44.9 Å². The largest absolute Gasteiger partial charge is 0.339 e. The molecule has 0 bridgehead atoms. The van der Waals surface area contributed by atoms with Gasteiger partial charge in [0.1, 0.15) is 0 Å². The lowest BCUT2D eigenvalue weighted by Crippen LogP contribution is -2.30. The maximum atomic E-state index is 12.9. The molecule has 3 amide bonds. The minimum absolute atomic E-state index is 0.0481. The van der Waals surface area contributed by atoms with Crippen molar-refractivity contribution in [1.29, 1.82) is 0 Å². The lowest BCUT2D eigenvalue weighted by molar-refractivity contribution is 0.0772. The van der Waals surface area contributed by atoms with Gasteiger partial charge in [0.15, 0.2) is 0 Å². The van der Waals surface area contributed by atoms with Crippen LogP contribution in [0, 0.1) is 0 Å². The predicted octanol–water partition coefficient (Wildman–Crippen LogP) is 5.44. The number of nitrogens with one attached hydrogen (secondary N) is 2. The first-order valence-electron chi connectivity index (χ1n) is 10.3. The van der Waals surface area contributed by atoms with Crippen molar-refractivity contribution in [3.8, 4) is 0 Å². The number of amides is 3. The second-order valence-corrected chi connectivity index (χ2v) is 7.84. The van der Waals surface area contributed by atoms with Crippen molar-refractivity contribution in [1.82, 2.24) is 4.90 Å². The first-order valence-corrected chi connectivity index (χ1v) is 11.1. The molecule has 0 aliphatic heterocycles. The van der Waals surface area contributed by atoms with Crippen LogP contribution < -0.4 is 10.6 Å². The third kappa shape index (κ3) is 5.42. The lowest BCUT2D eigenvalue weighted by atomic mass is 10.1. The molecule has 0 aliphatic carbocycles. The van der Waals surface area contributed by atoms with Crippen molar-refractivity contribution in [3.63, 3.8) is 0 Å². The zero-order chi connectivity index (χ0) is 23.1. The average Bonchev–Trinajstić information content (AvgIpc) is 2.80. The molecule has 2 N–H and O–H groups in total. The van der Waals surface area contributed by atoms with Gasteiger partial charge in [0.05, 0.1) is 16.8 Å². The van der Waals surface area contributed by atoms with E-state index < -0.39 is 0 Å². The van der Waals surface area contributed by atoms with E-state index in [4.69, 9.17) is 0 Å². The van der Waals surface area contributed by atoms with Crippen LogP contribution in [0.2, 0.25) is 0 Å². The summed E-state index contributed by atoms with van der Waals surface area (Å²) in [7, 11) is 0. The van der Waals surface area contributed by atoms with E-state index in [1.165, 1.54) is 0 Å². The number of hydrogen-bond donors (Lipinski definition) is 2. The van der Waals surface area contributed by atoms with Crippen LogP contribution in [0.3, 0.4) is 0 Å². The fraction of sp³-hybridized carbons (Fsp3) is 0.160. The third-order valence-corrected chi connectivity index (χ3v) is 5.67. The number of carbonyl (C=O) groups excluding carboxylic acids is 3. The van der Waals surface area contributed by atoms with Gasteiger partial charge in [0.2, 0.25) is 0 Å². The van der Waals surface area contributed by atoms with Gasteiger partial charge in [-0.3, -0.25) is 14.4 Å². The molecule has 0 saturated heterocycles. The van der Waals surface area contributed by atoms with E-state index >= 15 is 0 Å². The normalized spacial score (nSPS) is 10.3. The number of halogens is 1. The second kappa shape index (κ2) is 10.7. The standard InChI is InChI=1S/C25H24BrN3O3/c1-3-29(4-2)25(32)17-13-15-18(16-14-17)27-24(31)20-10-6-8-12-22(20)28-23(30)19-9-5-7-11-21(19)26/h5-16H,3-4H2,1-2H3,(H,27,31)(H,28,30). The number of hydrogen-bond acceptors (Lipinski definition) is 3. The summed E-state index contributed by atoms with van der Waals surface area (Å²) >= 11 is 3.37. The molecule has 164 valence electrons. The molecule has 32 heavy (non-hydrogen) atoms. The van der Waals surface area contributed by atoms with E-state index in [0.29, 0.717) is 45.6 Å². The monoisotopic (exact) mass is 493 g/mol. The Morgan fingerprint density at radius 2 is 1.31 bits per heavy atom. The number of benzene rings is 3. The van der Waals surface area contributed by atoms with Gasteiger partial charge in [-0.15, -0.1) is 0 Å². The number of para-hydroxylation sites is 1. The van der Waals surface area contributed by atoms with E-state index in [9.17, 15) is 14.4 Å². The van der Waals surface area contributed by atoms with Crippen molar-refractivity contribution < 1.29 is 14.4 Å². The maximum absolute atomic E-state index is 12.9. The highest BCUT2D eigenvalue weighted by Crippen LogP contribution is 2.21. The molecule has 0 aromatic heterocycles. The molecule has 0 spiro atoms. The van der Waals surface area contributed by atoms with E-state index in [-0.39, 0.29) is 17.7 Å². The molecule has 0 fully saturated rings. The summed E-state index contributed by atoms with van der Waals surface area (Å²) in [4.78, 5) is 39.7. The summed E-state index contributed by atoms with van der Waals surface area (Å²) in [6.45, 7) is 5.14. The Labute approximate surface area is 195 Å². The Balaban J connectivity index is 1.74. The zero-order valence-electron chi connectivity index (χ0n) is 17.9. The molecule has 0 heterocycles. The quantitative estimate of drug-likeness (QED) is 0.460. The Kier molecular flexibility index (Phi) is 7.78. The number of nitrogens with zero attached hydrogens (tertiary/aromatic N) is 1. The smallest absolute Gasteiger partial charge is 0.257 e. The van der Waals surface area contributed by atoms with Crippen molar-refractivity contribution in [2.75, 3.05) is 23.7 Å². The summed E-state index contributed by atoms with van der Waals surface area (Å²) in [5, 5.41) is 5.63. The van der Waals surface area contributed by atoms with Gasteiger partial charge in [-0.1, -0.05) is 24.3 Å². The molecular formula is C25H24BrN3O3. The Morgan fingerprint density at radius 1 is 0.750 bits per heavy atom. The fourth-order valence-corrected chi connectivity index (χ4v) is 3.68. The van der Waals surface area contributed by atoms with Crippen LogP contribution in [0.5, 0.6) is 0 Å². The van der Waals surface area contributed by atoms with E-state index in [1.54, 1.807) is 71.6 Å². The third-order valence-electron chi connectivity index (χ3n) is 4.98. The molecule has 0 atom stereocenters. The molecular weight excluding hydrogens is 470 g/mol. The topological polar surface area (TPSA) is 78.5 Å². The van der Waals surface area contributed by atoms with Gasteiger partial charge in [-0.2, -0.15) is 0 Å². The average molecular weight is 494 g/mol. The van der Waals surface area contributed by atoms with E-state index in [1.807, 2.05) is 19.9 Å². The van der Waals surface area contributed by atoms with Crippen molar-refractivity contribution in [3.05, 3.63) is 94.0 Å². The van der Waals surface area contributed by atoms with Crippen LogP contribution in [-0.4, -0.2) is 35.7 Å². The van der Waals surface area contributed by atoms with Crippen molar-refractivity contribution in [2.45, 2.75) is 13.8 Å². The number of carbonyl (C=O) groups is 3. The van der Waals surface area contributed by atoms with Crippen LogP contribution in [0.4, 0.5) is 11.4 Å². The highest BCUT2D eigenvalue weighted by atomic mass is 79.9. The summed E-state index contributed by atoms with van der Waals surface area (Å²) in [6.07, 6.45) is 0. The van der Waals surface area contributed by atoms with Gasteiger partial charge < -0.3 is 15.5 Å². The molecule has 0 aliphatic rings. The minimum Gasteiger partial charge on any atom is -0.339 e. The van der Waals surface area contributed by atoms with Gasteiger partial charge >= 0.3 is 0 Å². The molecule has 6 nitrogen and oxygen atoms in total.